The Morgan fingerprint density at radius 2 is 1.38 bits per heavy atom. The Bertz CT molecular complexity index is 2900. The smallest absolute Gasteiger partial charge is 0.317 e. The van der Waals surface area contributed by atoms with E-state index in [9.17, 15) is 57.0 Å². The summed E-state index contributed by atoms with van der Waals surface area (Å²) in [5.41, 5.74) is 1.95. The number of hydrogen-bond acceptors (Lipinski definition) is 17. The van der Waals surface area contributed by atoms with Crippen LogP contribution < -0.4 is 26.0 Å². The van der Waals surface area contributed by atoms with Gasteiger partial charge in [-0.25, -0.2) is 8.78 Å². The van der Waals surface area contributed by atoms with Crippen LogP contribution in [-0.2, 0) is 54.3 Å². The number of aliphatic carboxylic acids is 1. The summed E-state index contributed by atoms with van der Waals surface area (Å²) in [6.07, 6.45) is 15.3. The predicted molar refractivity (Wildman–Crippen MR) is 342 cm³/mol. The number of aryl methyl sites for hydroxylation is 1. The number of terminal acetylenes is 1. The molecule has 3 aliphatic rings. The van der Waals surface area contributed by atoms with E-state index in [0.717, 1.165) is 40.6 Å². The average Bonchev–Trinajstić information content (AvgIpc) is 1.91. The van der Waals surface area contributed by atoms with Crippen molar-refractivity contribution in [2.75, 3.05) is 125 Å². The van der Waals surface area contributed by atoms with Gasteiger partial charge in [0.2, 0.25) is 29.5 Å². The standard InChI is InChI=1S/C64H88F2IN11O13/c1-2-51-39-64(65,66)43-78(51)60(84)40-71-62(87)53-21-26-68-55-20-19-52(38-54(53)55)91-37-9-11-49-22-27-77(28-23-49)59(83)14-4-3-6-25-70-63(88)56(12-5-7-24-69-57(81)13-8-10-48-15-17-50(67)18-16-48)72-58(82)41-73-29-30-74(42-61(85)86)32-34-76(45-90-47-80)36-35-75(33-31-73)44-89-46-79/h1,15-21,26,38,46-47,49,51,56H,3-14,22-25,27-37,39-45H2,(H,69,81)(H,70,88)(H,71,87)(H,72,82)(H,85,86)/t51-,56-/m0/s1. The summed E-state index contributed by atoms with van der Waals surface area (Å²) in [4.78, 5) is 128. The molecule has 0 unspecified atom stereocenters. The lowest BCUT2D eigenvalue weighted by molar-refractivity contribution is -0.139. The second kappa shape index (κ2) is 39.3. The summed E-state index contributed by atoms with van der Waals surface area (Å²) in [6, 6.07) is 13.0. The quantitative estimate of drug-likeness (QED) is 0.0242. The molecule has 4 heterocycles. The summed E-state index contributed by atoms with van der Waals surface area (Å²) in [6.45, 7) is 4.35. The van der Waals surface area contributed by atoms with E-state index < -0.39 is 61.2 Å². The molecule has 5 N–H and O–H groups in total. The third-order valence-electron chi connectivity index (χ3n) is 16.5. The highest BCUT2D eigenvalue weighted by atomic mass is 127. The summed E-state index contributed by atoms with van der Waals surface area (Å²) < 4.78 is 45.2. The second-order valence-electron chi connectivity index (χ2n) is 23.3. The van der Waals surface area contributed by atoms with Crippen molar-refractivity contribution in [3.8, 4) is 18.1 Å². The number of aromatic nitrogens is 1. The Balaban J connectivity index is 0.918. The van der Waals surface area contributed by atoms with E-state index in [-0.39, 0.29) is 49.8 Å². The van der Waals surface area contributed by atoms with Gasteiger partial charge in [-0.3, -0.25) is 67.7 Å². The zero-order valence-electron chi connectivity index (χ0n) is 51.8. The largest absolute Gasteiger partial charge is 0.494 e. The number of amides is 6. The van der Waals surface area contributed by atoms with Gasteiger partial charge in [-0.1, -0.05) is 24.5 Å². The molecule has 6 amide bonds. The number of carboxylic acid groups (broad SMARTS) is 1. The van der Waals surface area contributed by atoms with Gasteiger partial charge in [0.15, 0.2) is 0 Å². The lowest BCUT2D eigenvalue weighted by Gasteiger charge is -2.33. The minimum atomic E-state index is -3.09. The number of carboxylic acids is 1. The molecule has 3 aliphatic heterocycles. The highest BCUT2D eigenvalue weighted by Gasteiger charge is 2.46. The summed E-state index contributed by atoms with van der Waals surface area (Å²) in [5, 5.41) is 21.6. The predicted octanol–water partition coefficient (Wildman–Crippen LogP) is 3.87. The fourth-order valence-electron chi connectivity index (χ4n) is 11.3. The van der Waals surface area contributed by atoms with Crippen molar-refractivity contribution >= 4 is 87.9 Å². The number of benzene rings is 2. The van der Waals surface area contributed by atoms with Gasteiger partial charge < -0.3 is 50.4 Å². The zero-order chi connectivity index (χ0) is 65.4. The Morgan fingerprint density at radius 3 is 2.04 bits per heavy atom. The van der Waals surface area contributed by atoms with Crippen molar-refractivity contribution in [1.29, 1.82) is 0 Å². The second-order valence-corrected chi connectivity index (χ2v) is 24.6. The van der Waals surface area contributed by atoms with Crippen LogP contribution in [0.1, 0.15) is 106 Å². The number of rotatable bonds is 35. The molecule has 24 nitrogen and oxygen atoms in total. The number of alkyl halides is 2. The van der Waals surface area contributed by atoms with E-state index in [1.807, 2.05) is 31.7 Å². The number of nitrogens with one attached hydrogen (secondary N) is 4. The molecule has 0 saturated carbocycles. The van der Waals surface area contributed by atoms with Gasteiger partial charge in [-0.05, 0) is 141 Å². The monoisotopic (exact) mass is 1380 g/mol. The molecule has 6 rings (SSSR count). The maximum Gasteiger partial charge on any atom is 0.317 e. The molecular formula is C64H88F2IN11O13. The number of hydrogen-bond donors (Lipinski definition) is 5. The summed E-state index contributed by atoms with van der Waals surface area (Å²) >= 11 is 2.26. The Labute approximate surface area is 544 Å². The number of halogens is 3. The van der Waals surface area contributed by atoms with Crippen molar-refractivity contribution < 1.29 is 71.2 Å². The van der Waals surface area contributed by atoms with Gasteiger partial charge in [0.1, 0.15) is 25.3 Å². The number of unbranched alkanes of at least 4 members (excludes halogenated alkanes) is 3. The fourth-order valence-corrected chi connectivity index (χ4v) is 11.7. The van der Waals surface area contributed by atoms with Gasteiger partial charge in [0.25, 0.3) is 24.8 Å². The zero-order valence-corrected chi connectivity index (χ0v) is 54.0. The number of carbonyl (C=O) groups is 9. The van der Waals surface area contributed by atoms with Crippen LogP contribution in [0.4, 0.5) is 8.78 Å². The molecule has 3 saturated heterocycles. The minimum absolute atomic E-state index is 0.00228. The van der Waals surface area contributed by atoms with Crippen LogP contribution in [0.5, 0.6) is 5.75 Å². The van der Waals surface area contributed by atoms with Crippen molar-refractivity contribution in [3.05, 3.63) is 69.4 Å². The van der Waals surface area contributed by atoms with Crippen molar-refractivity contribution in [3.63, 3.8) is 0 Å². The van der Waals surface area contributed by atoms with Crippen LogP contribution in [0, 0.1) is 21.8 Å². The van der Waals surface area contributed by atoms with E-state index in [4.69, 9.17) is 20.6 Å². The number of nitrogens with zero attached hydrogens (tertiary/aromatic N) is 7. The highest BCUT2D eigenvalue weighted by Crippen LogP contribution is 2.32. The molecule has 2 atom stereocenters. The van der Waals surface area contributed by atoms with Crippen LogP contribution in [0.25, 0.3) is 10.9 Å². The molecule has 0 aliphatic carbocycles. The van der Waals surface area contributed by atoms with Gasteiger partial charge in [-0.15, -0.1) is 6.42 Å². The first-order valence-electron chi connectivity index (χ1n) is 31.4. The van der Waals surface area contributed by atoms with Crippen molar-refractivity contribution in [1.82, 2.24) is 55.7 Å². The number of fused-ring (bicyclic) bond motifs is 1. The highest BCUT2D eigenvalue weighted by molar-refractivity contribution is 14.1. The molecule has 0 bridgehead atoms. The number of piperidine rings is 1. The van der Waals surface area contributed by atoms with E-state index in [0.29, 0.717) is 178 Å². The number of ether oxygens (including phenoxy) is 3. The molecule has 1 aromatic heterocycles. The molecule has 2 aromatic carbocycles. The molecule has 3 fully saturated rings. The Hall–Kier alpha value is -7.13. The molecule has 0 spiro atoms. The normalized spacial score (nSPS) is 17.5. The van der Waals surface area contributed by atoms with Crippen molar-refractivity contribution in [2.45, 2.75) is 114 Å². The van der Waals surface area contributed by atoms with Gasteiger partial charge in [0, 0.05) is 113 Å². The maximum atomic E-state index is 14.0. The topological polar surface area (TPSA) is 282 Å². The van der Waals surface area contributed by atoms with Crippen LogP contribution in [0.3, 0.4) is 0 Å². The van der Waals surface area contributed by atoms with E-state index >= 15 is 0 Å². The first-order valence-corrected chi connectivity index (χ1v) is 32.5. The minimum Gasteiger partial charge on any atom is -0.494 e. The van der Waals surface area contributed by atoms with Gasteiger partial charge in [0.05, 0.1) is 49.9 Å². The van der Waals surface area contributed by atoms with Crippen LogP contribution in [-0.4, -0.2) is 237 Å². The van der Waals surface area contributed by atoms with Crippen molar-refractivity contribution in [2.24, 2.45) is 5.92 Å². The molecular weight excluding hydrogens is 1300 g/mol. The fraction of sp³-hybridized carbons (Fsp3) is 0.594. The van der Waals surface area contributed by atoms with Crippen LogP contribution >= 0.6 is 22.6 Å². The number of pyridine rings is 1. The first-order chi connectivity index (χ1) is 43.9. The van der Waals surface area contributed by atoms with Crippen LogP contribution in [0.2, 0.25) is 0 Å². The SMILES string of the molecule is C#C[C@H]1CC(F)(F)CN1C(=O)CNC(=O)c1ccnc2ccc(OCCCC3CCN(C(=O)CCCCCNC(=O)[C@H](CCCCNC(=O)CCCc4ccc(I)cc4)NC(=O)CN4CCN(COC=O)CCN(COC=O)CCN(CC(=O)O)CC4)CC3)cc12. The van der Waals surface area contributed by atoms with E-state index in [2.05, 4.69) is 66.9 Å². The molecule has 498 valence electrons. The van der Waals surface area contributed by atoms with Gasteiger partial charge >= 0.3 is 5.97 Å². The van der Waals surface area contributed by atoms with E-state index in [1.54, 1.807) is 23.1 Å². The third-order valence-corrected chi connectivity index (χ3v) is 17.2. The molecule has 3 aromatic rings. The Kier molecular flexibility index (Phi) is 31.5. The lowest BCUT2D eigenvalue weighted by Crippen LogP contribution is -2.52. The lowest BCUT2D eigenvalue weighted by atomic mass is 9.92. The molecule has 0 radical (unpaired) electrons. The number of carbonyl (C=O) groups excluding carboxylic acids is 8. The van der Waals surface area contributed by atoms with E-state index in [1.165, 1.54) is 17.8 Å². The Morgan fingerprint density at radius 1 is 0.736 bits per heavy atom. The van der Waals surface area contributed by atoms with Crippen LogP contribution in [0.15, 0.2) is 54.7 Å². The number of likely N-dealkylation sites (tertiary alicyclic amines) is 2. The molecule has 91 heavy (non-hydrogen) atoms. The third kappa shape index (κ3) is 26.6. The first kappa shape index (κ1) is 72.9. The average molecular weight is 1380 g/mol. The summed E-state index contributed by atoms with van der Waals surface area (Å²) in [5.74, 6) is -2.93. The summed E-state index contributed by atoms with van der Waals surface area (Å²) in [7, 11) is 0. The molecule has 27 heteroatoms. The van der Waals surface area contributed by atoms with Gasteiger partial charge in [-0.2, -0.15) is 0 Å². The maximum absolute atomic E-state index is 14.0.